The summed E-state index contributed by atoms with van der Waals surface area (Å²) in [5.74, 6) is 0.592. The van der Waals surface area contributed by atoms with Gasteiger partial charge >= 0.3 is 0 Å². The van der Waals surface area contributed by atoms with Crippen molar-refractivity contribution in [1.82, 2.24) is 25.0 Å². The Hall–Kier alpha value is -1.43. The van der Waals surface area contributed by atoms with Gasteiger partial charge in [-0.1, -0.05) is 13.8 Å². The first-order valence-corrected chi connectivity index (χ1v) is 6.98. The molecule has 6 heteroatoms. The third kappa shape index (κ3) is 4.31. The molecule has 0 radical (unpaired) electrons. The summed E-state index contributed by atoms with van der Waals surface area (Å²) in [6.07, 6.45) is 5.40. The van der Waals surface area contributed by atoms with Crippen molar-refractivity contribution in [2.75, 3.05) is 19.6 Å². The zero-order valence-corrected chi connectivity index (χ0v) is 11.7. The Morgan fingerprint density at radius 3 is 3.00 bits per heavy atom. The fourth-order valence-corrected chi connectivity index (χ4v) is 2.45. The fraction of sp³-hybridized carbons (Fsp3) is 0.769. The van der Waals surface area contributed by atoms with Gasteiger partial charge in [0.1, 0.15) is 19.2 Å². The molecule has 1 aromatic rings. The summed E-state index contributed by atoms with van der Waals surface area (Å²) in [4.78, 5) is 18.2. The number of carbonyl (C=O) groups is 1. The first kappa shape index (κ1) is 14.0. The minimum Gasteiger partial charge on any atom is -0.339 e. The number of hydrogen-bond acceptors (Lipinski definition) is 4. The van der Waals surface area contributed by atoms with Crippen molar-refractivity contribution in [2.24, 2.45) is 5.92 Å². The average molecular weight is 265 g/mol. The summed E-state index contributed by atoms with van der Waals surface area (Å²) in [7, 11) is 0. The van der Waals surface area contributed by atoms with Crippen LogP contribution in [0.1, 0.15) is 26.7 Å². The summed E-state index contributed by atoms with van der Waals surface area (Å²) >= 11 is 0. The van der Waals surface area contributed by atoms with Gasteiger partial charge in [0.05, 0.1) is 0 Å². The van der Waals surface area contributed by atoms with Gasteiger partial charge in [0.25, 0.3) is 0 Å². The molecule has 1 unspecified atom stereocenters. The second kappa shape index (κ2) is 6.65. The van der Waals surface area contributed by atoms with E-state index in [9.17, 15) is 4.79 Å². The van der Waals surface area contributed by atoms with Crippen LogP contribution in [0.4, 0.5) is 0 Å². The third-order valence-electron chi connectivity index (χ3n) is 3.31. The van der Waals surface area contributed by atoms with E-state index >= 15 is 0 Å². The molecule has 1 N–H and O–H groups in total. The van der Waals surface area contributed by atoms with Crippen LogP contribution in [0.3, 0.4) is 0 Å². The molecule has 0 saturated carbocycles. The van der Waals surface area contributed by atoms with Gasteiger partial charge in [-0.3, -0.25) is 4.79 Å². The van der Waals surface area contributed by atoms with Crippen molar-refractivity contribution in [1.29, 1.82) is 0 Å². The lowest BCUT2D eigenvalue weighted by molar-refractivity contribution is -0.132. The van der Waals surface area contributed by atoms with Crippen LogP contribution >= 0.6 is 0 Å². The average Bonchev–Trinajstić information content (AvgIpc) is 3.00. The van der Waals surface area contributed by atoms with Gasteiger partial charge in [-0.15, -0.1) is 0 Å². The molecule has 0 bridgehead atoms. The Bertz CT molecular complexity index is 384. The molecule has 2 heterocycles. The van der Waals surface area contributed by atoms with Crippen LogP contribution in [-0.4, -0.2) is 51.2 Å². The van der Waals surface area contributed by atoms with Gasteiger partial charge in [0.2, 0.25) is 5.91 Å². The van der Waals surface area contributed by atoms with Crippen LogP contribution in [0.2, 0.25) is 0 Å². The Labute approximate surface area is 114 Å². The Balaban J connectivity index is 1.92. The highest BCUT2D eigenvalue weighted by Gasteiger charge is 2.22. The molecule has 6 nitrogen and oxygen atoms in total. The molecule has 1 aliphatic rings. The predicted molar refractivity (Wildman–Crippen MR) is 72.5 cm³/mol. The quantitative estimate of drug-likeness (QED) is 0.814. The molecule has 0 aliphatic carbocycles. The highest BCUT2D eigenvalue weighted by Crippen LogP contribution is 2.09. The number of carbonyl (C=O) groups excluding carboxylic acids is 1. The van der Waals surface area contributed by atoms with Gasteiger partial charge in [0, 0.05) is 19.1 Å². The molecule has 1 fully saturated rings. The zero-order chi connectivity index (χ0) is 13.7. The molecule has 1 aromatic heterocycles. The van der Waals surface area contributed by atoms with E-state index in [4.69, 9.17) is 0 Å². The van der Waals surface area contributed by atoms with Crippen molar-refractivity contribution in [3.8, 4) is 0 Å². The first-order chi connectivity index (χ1) is 9.15. The summed E-state index contributed by atoms with van der Waals surface area (Å²) in [5, 5.41) is 7.44. The summed E-state index contributed by atoms with van der Waals surface area (Å²) in [5.41, 5.74) is 0. The van der Waals surface area contributed by atoms with Crippen molar-refractivity contribution >= 4 is 5.91 Å². The van der Waals surface area contributed by atoms with E-state index in [1.54, 1.807) is 11.0 Å². The van der Waals surface area contributed by atoms with E-state index in [2.05, 4.69) is 29.2 Å². The van der Waals surface area contributed by atoms with Crippen LogP contribution in [0, 0.1) is 5.92 Å². The van der Waals surface area contributed by atoms with E-state index in [0.717, 1.165) is 26.1 Å². The SMILES string of the molecule is CC(C)CN(CC1CCCN1)C(=O)Cn1cncn1. The van der Waals surface area contributed by atoms with Crippen LogP contribution in [-0.2, 0) is 11.3 Å². The van der Waals surface area contributed by atoms with E-state index in [-0.39, 0.29) is 12.5 Å². The predicted octanol–water partition coefficient (Wildman–Crippen LogP) is 0.515. The monoisotopic (exact) mass is 265 g/mol. The van der Waals surface area contributed by atoms with Gasteiger partial charge in [0.15, 0.2) is 0 Å². The normalized spacial score (nSPS) is 19.0. The minimum atomic E-state index is 0.118. The lowest BCUT2D eigenvalue weighted by atomic mass is 10.1. The molecule has 1 atom stereocenters. The smallest absolute Gasteiger partial charge is 0.244 e. The largest absolute Gasteiger partial charge is 0.339 e. The van der Waals surface area contributed by atoms with Gasteiger partial charge in [-0.25, -0.2) is 9.67 Å². The topological polar surface area (TPSA) is 63.1 Å². The highest BCUT2D eigenvalue weighted by atomic mass is 16.2. The molecule has 106 valence electrons. The molecule has 2 rings (SSSR count). The number of hydrogen-bond donors (Lipinski definition) is 1. The fourth-order valence-electron chi connectivity index (χ4n) is 2.45. The lowest BCUT2D eigenvalue weighted by Crippen LogP contribution is -2.44. The first-order valence-electron chi connectivity index (χ1n) is 6.98. The lowest BCUT2D eigenvalue weighted by Gasteiger charge is -2.27. The summed E-state index contributed by atoms with van der Waals surface area (Å²) in [6.45, 7) is 7.21. The maximum absolute atomic E-state index is 12.3. The van der Waals surface area contributed by atoms with Crippen molar-refractivity contribution in [3.05, 3.63) is 12.7 Å². The van der Waals surface area contributed by atoms with Gasteiger partial charge in [-0.05, 0) is 25.3 Å². The second-order valence-corrected chi connectivity index (χ2v) is 5.58. The number of nitrogens with one attached hydrogen (secondary N) is 1. The maximum atomic E-state index is 12.3. The standard InChI is InChI=1S/C13H23N5O/c1-11(2)6-17(7-12-4-3-5-15-12)13(19)8-18-10-14-9-16-18/h9-12,15H,3-8H2,1-2H3. The van der Waals surface area contributed by atoms with Gasteiger partial charge < -0.3 is 10.2 Å². The van der Waals surface area contributed by atoms with Crippen LogP contribution in [0.15, 0.2) is 12.7 Å². The molecular formula is C13H23N5O. The van der Waals surface area contributed by atoms with Crippen LogP contribution in [0.25, 0.3) is 0 Å². The Morgan fingerprint density at radius 1 is 1.58 bits per heavy atom. The van der Waals surface area contributed by atoms with Crippen LogP contribution < -0.4 is 5.32 Å². The molecule has 0 spiro atoms. The van der Waals surface area contributed by atoms with Crippen molar-refractivity contribution in [3.63, 3.8) is 0 Å². The van der Waals surface area contributed by atoms with Crippen molar-refractivity contribution < 1.29 is 4.79 Å². The summed E-state index contributed by atoms with van der Waals surface area (Å²) in [6, 6.07) is 0.443. The molecule has 1 aliphatic heterocycles. The highest BCUT2D eigenvalue weighted by molar-refractivity contribution is 5.75. The molecule has 1 amide bonds. The number of rotatable bonds is 6. The minimum absolute atomic E-state index is 0.118. The van der Waals surface area contributed by atoms with E-state index in [1.165, 1.54) is 12.7 Å². The van der Waals surface area contributed by atoms with E-state index in [1.807, 2.05) is 4.90 Å². The number of aromatic nitrogens is 3. The summed E-state index contributed by atoms with van der Waals surface area (Å²) < 4.78 is 1.58. The number of nitrogens with zero attached hydrogens (tertiary/aromatic N) is 4. The zero-order valence-electron chi connectivity index (χ0n) is 11.7. The molecular weight excluding hydrogens is 242 g/mol. The Morgan fingerprint density at radius 2 is 2.42 bits per heavy atom. The van der Waals surface area contributed by atoms with Crippen molar-refractivity contribution in [2.45, 2.75) is 39.3 Å². The molecule has 19 heavy (non-hydrogen) atoms. The molecule has 0 aromatic carbocycles. The van der Waals surface area contributed by atoms with E-state index < -0.39 is 0 Å². The third-order valence-corrected chi connectivity index (χ3v) is 3.31. The second-order valence-electron chi connectivity index (χ2n) is 5.58. The maximum Gasteiger partial charge on any atom is 0.244 e. The molecule has 1 saturated heterocycles. The Kier molecular flexibility index (Phi) is 4.90. The van der Waals surface area contributed by atoms with E-state index in [0.29, 0.717) is 12.0 Å². The van der Waals surface area contributed by atoms with Gasteiger partial charge in [-0.2, -0.15) is 5.10 Å². The number of amides is 1. The van der Waals surface area contributed by atoms with Crippen LogP contribution in [0.5, 0.6) is 0 Å².